The van der Waals surface area contributed by atoms with Gasteiger partial charge in [-0.1, -0.05) is 11.6 Å². The molecule has 0 spiro atoms. The summed E-state index contributed by atoms with van der Waals surface area (Å²) >= 11 is 7.18. The highest BCUT2D eigenvalue weighted by Crippen LogP contribution is 2.27. The van der Waals surface area contributed by atoms with Crippen molar-refractivity contribution in [3.63, 3.8) is 0 Å². The second kappa shape index (κ2) is 4.59. The summed E-state index contributed by atoms with van der Waals surface area (Å²) in [4.78, 5) is 15.1. The molecule has 0 aliphatic carbocycles. The molecule has 1 aromatic heterocycles. The maximum absolute atomic E-state index is 12.0. The third kappa shape index (κ3) is 2.49. The van der Waals surface area contributed by atoms with Crippen LogP contribution in [0, 0.1) is 5.92 Å². The average Bonchev–Trinajstić information content (AvgIpc) is 2.85. The first-order valence-electron chi connectivity index (χ1n) is 5.99. The van der Waals surface area contributed by atoms with Crippen LogP contribution in [-0.4, -0.2) is 36.5 Å². The molecular weight excluding hydrogens is 256 g/mol. The van der Waals surface area contributed by atoms with Gasteiger partial charge in [-0.15, -0.1) is 11.3 Å². The fourth-order valence-corrected chi connectivity index (χ4v) is 3.80. The summed E-state index contributed by atoms with van der Waals surface area (Å²) in [5.41, 5.74) is 0. The Balaban J connectivity index is 1.62. The van der Waals surface area contributed by atoms with Crippen LogP contribution in [0.25, 0.3) is 0 Å². The van der Waals surface area contributed by atoms with Crippen molar-refractivity contribution in [2.24, 2.45) is 5.92 Å². The molecular formula is C12H15ClN2OS. The zero-order valence-electron chi connectivity index (χ0n) is 9.49. The fraction of sp³-hybridized carbons (Fsp3) is 0.583. The lowest BCUT2D eigenvalue weighted by Crippen LogP contribution is -2.46. The topological polar surface area (TPSA) is 32.3 Å². The van der Waals surface area contributed by atoms with Gasteiger partial charge in [-0.3, -0.25) is 4.79 Å². The van der Waals surface area contributed by atoms with Gasteiger partial charge < -0.3 is 10.2 Å². The standard InChI is InChI=1S/C12H15ClN2OS/c13-11-2-1-10(17-11)12(16)14-9-5-8-3-4-15(6-8)7-9/h1-2,8-9H,3-7H2,(H,14,16). The number of hydrogen-bond acceptors (Lipinski definition) is 3. The first kappa shape index (κ1) is 11.5. The van der Waals surface area contributed by atoms with Crippen molar-refractivity contribution in [3.05, 3.63) is 21.3 Å². The Hall–Kier alpha value is -0.580. The Morgan fingerprint density at radius 3 is 3.06 bits per heavy atom. The molecule has 3 atom stereocenters. The first-order chi connectivity index (χ1) is 8.20. The molecule has 17 heavy (non-hydrogen) atoms. The van der Waals surface area contributed by atoms with Crippen LogP contribution in [-0.2, 0) is 0 Å². The number of carbonyl (C=O) groups is 1. The predicted molar refractivity (Wildman–Crippen MR) is 69.7 cm³/mol. The molecule has 2 saturated heterocycles. The molecule has 3 heterocycles. The minimum absolute atomic E-state index is 0.0226. The molecule has 2 aliphatic heterocycles. The quantitative estimate of drug-likeness (QED) is 0.894. The van der Waals surface area contributed by atoms with Crippen LogP contribution >= 0.6 is 22.9 Å². The van der Waals surface area contributed by atoms with Crippen LogP contribution in [0.3, 0.4) is 0 Å². The Kier molecular flexibility index (Phi) is 3.11. The summed E-state index contributed by atoms with van der Waals surface area (Å²) in [7, 11) is 0. The Bertz CT molecular complexity index is 422. The zero-order chi connectivity index (χ0) is 11.8. The van der Waals surface area contributed by atoms with Crippen LogP contribution < -0.4 is 5.32 Å². The second-order valence-corrected chi connectivity index (χ2v) is 6.64. The highest BCUT2D eigenvalue weighted by Gasteiger charge is 2.33. The SMILES string of the molecule is O=C(NC1CC2CCN(C2)C1)c1ccc(Cl)s1. The maximum atomic E-state index is 12.0. The van der Waals surface area contributed by atoms with Gasteiger partial charge in [-0.05, 0) is 37.4 Å². The van der Waals surface area contributed by atoms with Crippen molar-refractivity contribution in [2.75, 3.05) is 19.6 Å². The lowest BCUT2D eigenvalue weighted by Gasteiger charge is -2.30. The predicted octanol–water partition coefficient (Wildman–Crippen LogP) is 2.23. The lowest BCUT2D eigenvalue weighted by molar-refractivity contribution is 0.0913. The van der Waals surface area contributed by atoms with Crippen LogP contribution in [0.2, 0.25) is 4.34 Å². The fourth-order valence-electron chi connectivity index (χ4n) is 2.86. The van der Waals surface area contributed by atoms with Crippen molar-refractivity contribution in [1.82, 2.24) is 10.2 Å². The van der Waals surface area contributed by atoms with Gasteiger partial charge in [0.1, 0.15) is 0 Å². The minimum Gasteiger partial charge on any atom is -0.347 e. The molecule has 1 N–H and O–H groups in total. The summed E-state index contributed by atoms with van der Waals surface area (Å²) in [6.45, 7) is 3.42. The van der Waals surface area contributed by atoms with Gasteiger partial charge in [-0.2, -0.15) is 0 Å². The van der Waals surface area contributed by atoms with Crippen molar-refractivity contribution in [3.8, 4) is 0 Å². The summed E-state index contributed by atoms with van der Waals surface area (Å²) in [5.74, 6) is 0.801. The molecule has 0 aromatic carbocycles. The Labute approximate surface area is 110 Å². The number of amides is 1. The highest BCUT2D eigenvalue weighted by molar-refractivity contribution is 7.17. The zero-order valence-corrected chi connectivity index (χ0v) is 11.1. The third-order valence-corrected chi connectivity index (χ3v) is 4.83. The van der Waals surface area contributed by atoms with Crippen LogP contribution in [0.4, 0.5) is 0 Å². The van der Waals surface area contributed by atoms with E-state index in [9.17, 15) is 4.79 Å². The molecule has 92 valence electrons. The molecule has 3 nitrogen and oxygen atoms in total. The lowest BCUT2D eigenvalue weighted by atomic mass is 9.97. The van der Waals surface area contributed by atoms with E-state index in [2.05, 4.69) is 10.2 Å². The van der Waals surface area contributed by atoms with Crippen molar-refractivity contribution in [1.29, 1.82) is 0 Å². The van der Waals surface area contributed by atoms with Crippen molar-refractivity contribution < 1.29 is 4.79 Å². The molecule has 5 heteroatoms. The van der Waals surface area contributed by atoms with Gasteiger partial charge in [0.2, 0.25) is 0 Å². The van der Waals surface area contributed by atoms with E-state index in [4.69, 9.17) is 11.6 Å². The second-order valence-electron chi connectivity index (χ2n) is 4.92. The molecule has 0 saturated carbocycles. The van der Waals surface area contributed by atoms with E-state index in [0.29, 0.717) is 15.3 Å². The van der Waals surface area contributed by atoms with Gasteiger partial charge in [0.05, 0.1) is 9.21 Å². The number of carbonyl (C=O) groups excluding carboxylic acids is 1. The molecule has 3 rings (SSSR count). The number of piperidine rings is 1. The van der Waals surface area contributed by atoms with E-state index in [1.807, 2.05) is 0 Å². The van der Waals surface area contributed by atoms with Crippen LogP contribution in [0.1, 0.15) is 22.5 Å². The number of halogens is 1. The number of thiophene rings is 1. The van der Waals surface area contributed by atoms with Gasteiger partial charge in [0, 0.05) is 19.1 Å². The number of fused-ring (bicyclic) bond motifs is 2. The highest BCUT2D eigenvalue weighted by atomic mass is 35.5. The largest absolute Gasteiger partial charge is 0.347 e. The van der Waals surface area contributed by atoms with Gasteiger partial charge in [0.25, 0.3) is 5.91 Å². The van der Waals surface area contributed by atoms with E-state index < -0.39 is 0 Å². The van der Waals surface area contributed by atoms with E-state index >= 15 is 0 Å². The van der Waals surface area contributed by atoms with Gasteiger partial charge >= 0.3 is 0 Å². The molecule has 1 aromatic rings. The number of rotatable bonds is 2. The van der Waals surface area contributed by atoms with Crippen LogP contribution in [0.5, 0.6) is 0 Å². The van der Waals surface area contributed by atoms with Gasteiger partial charge in [-0.25, -0.2) is 0 Å². The number of nitrogens with zero attached hydrogens (tertiary/aromatic N) is 1. The van der Waals surface area contributed by atoms with E-state index in [1.54, 1.807) is 12.1 Å². The minimum atomic E-state index is 0.0226. The van der Waals surface area contributed by atoms with E-state index in [0.717, 1.165) is 18.9 Å². The van der Waals surface area contributed by atoms with Crippen molar-refractivity contribution in [2.45, 2.75) is 18.9 Å². The summed E-state index contributed by atoms with van der Waals surface area (Å²) in [6.07, 6.45) is 2.42. The normalized spacial score (nSPS) is 31.5. The first-order valence-corrected chi connectivity index (χ1v) is 7.19. The summed E-state index contributed by atoms with van der Waals surface area (Å²) in [5, 5.41) is 3.12. The molecule has 3 unspecified atom stereocenters. The Morgan fingerprint density at radius 2 is 2.35 bits per heavy atom. The summed E-state index contributed by atoms with van der Waals surface area (Å²) < 4.78 is 0.669. The molecule has 2 fully saturated rings. The molecule has 0 radical (unpaired) electrons. The molecule has 2 aliphatic rings. The summed E-state index contributed by atoms with van der Waals surface area (Å²) in [6, 6.07) is 3.87. The van der Waals surface area contributed by atoms with Crippen LogP contribution in [0.15, 0.2) is 12.1 Å². The maximum Gasteiger partial charge on any atom is 0.261 e. The Morgan fingerprint density at radius 1 is 1.47 bits per heavy atom. The monoisotopic (exact) mass is 270 g/mol. The van der Waals surface area contributed by atoms with Crippen molar-refractivity contribution >= 4 is 28.8 Å². The van der Waals surface area contributed by atoms with Gasteiger partial charge in [0.15, 0.2) is 0 Å². The smallest absolute Gasteiger partial charge is 0.261 e. The number of hydrogen-bond donors (Lipinski definition) is 1. The van der Waals surface area contributed by atoms with E-state index in [1.165, 1.54) is 30.8 Å². The average molecular weight is 271 g/mol. The third-order valence-electron chi connectivity index (χ3n) is 3.60. The number of nitrogens with one attached hydrogen (secondary N) is 1. The molecule has 1 amide bonds. The van der Waals surface area contributed by atoms with E-state index in [-0.39, 0.29) is 5.91 Å². The molecule has 2 bridgehead atoms.